The average Bonchev–Trinajstić information content (AvgIpc) is 2.52. The van der Waals surface area contributed by atoms with Crippen LogP contribution in [0, 0.1) is 13.8 Å². The lowest BCUT2D eigenvalue weighted by molar-refractivity contribution is -0.112. The number of rotatable bonds is 4. The van der Waals surface area contributed by atoms with Crippen molar-refractivity contribution in [1.82, 2.24) is 0 Å². The smallest absolute Gasteiger partial charge is 0.251 e. The first-order valence-electron chi connectivity index (χ1n) is 7.55. The zero-order chi connectivity index (χ0) is 17.0. The number of anilines is 3. The third-order valence-corrected chi connectivity index (χ3v) is 3.77. The number of benzene rings is 2. The molecule has 0 aliphatic rings. The second-order valence-electron chi connectivity index (χ2n) is 5.68. The van der Waals surface area contributed by atoms with Gasteiger partial charge in [-0.05, 0) is 67.8 Å². The Morgan fingerprint density at radius 2 is 1.61 bits per heavy atom. The molecule has 4 nitrogen and oxygen atoms in total. The number of hydrogen-bond acceptors (Lipinski definition) is 3. The first-order valence-corrected chi connectivity index (χ1v) is 7.55. The highest BCUT2D eigenvalue weighted by Gasteiger charge is 2.09. The predicted octanol–water partition coefficient (Wildman–Crippen LogP) is 3.97. The van der Waals surface area contributed by atoms with Gasteiger partial charge in [-0.25, -0.2) is 0 Å². The Morgan fingerprint density at radius 1 is 1.04 bits per heavy atom. The molecule has 1 amide bonds. The first kappa shape index (κ1) is 16.6. The second-order valence-corrected chi connectivity index (χ2v) is 5.68. The largest absolute Gasteiger partial charge is 0.399 e. The maximum absolute atomic E-state index is 12.4. The van der Waals surface area contributed by atoms with Gasteiger partial charge in [0, 0.05) is 29.7 Å². The van der Waals surface area contributed by atoms with Crippen molar-refractivity contribution >= 4 is 29.0 Å². The van der Waals surface area contributed by atoms with Crippen molar-refractivity contribution in [2.24, 2.45) is 0 Å². The molecule has 0 aromatic heterocycles. The second kappa shape index (κ2) is 7.01. The van der Waals surface area contributed by atoms with Gasteiger partial charge in [-0.1, -0.05) is 12.1 Å². The Bertz CT molecular complexity index is 746. The quantitative estimate of drug-likeness (QED) is 0.591. The van der Waals surface area contributed by atoms with Crippen molar-refractivity contribution in [1.29, 1.82) is 0 Å². The maximum Gasteiger partial charge on any atom is 0.251 e. The highest BCUT2D eigenvalue weighted by molar-refractivity contribution is 6.06. The summed E-state index contributed by atoms with van der Waals surface area (Å²) >= 11 is 0. The van der Waals surface area contributed by atoms with Gasteiger partial charge in [0.25, 0.3) is 5.91 Å². The Hall–Kier alpha value is -2.75. The summed E-state index contributed by atoms with van der Waals surface area (Å²) < 4.78 is 0. The molecule has 2 aromatic rings. The van der Waals surface area contributed by atoms with Crippen LogP contribution in [-0.2, 0) is 4.79 Å². The summed E-state index contributed by atoms with van der Waals surface area (Å²) in [6.45, 7) is 5.79. The van der Waals surface area contributed by atoms with Crippen LogP contribution in [0.2, 0.25) is 0 Å². The summed E-state index contributed by atoms with van der Waals surface area (Å²) in [5.74, 6) is -0.110. The molecule has 0 saturated carbocycles. The summed E-state index contributed by atoms with van der Waals surface area (Å²) in [6.07, 6.45) is 1.85. The number of carbonyl (C=O) groups excluding carboxylic acids is 1. The highest BCUT2D eigenvalue weighted by Crippen LogP contribution is 2.24. The van der Waals surface area contributed by atoms with Crippen LogP contribution in [0.1, 0.15) is 23.6 Å². The lowest BCUT2D eigenvalue weighted by Gasteiger charge is -2.13. The van der Waals surface area contributed by atoms with Crippen molar-refractivity contribution in [3.63, 3.8) is 0 Å². The van der Waals surface area contributed by atoms with Gasteiger partial charge < -0.3 is 16.4 Å². The van der Waals surface area contributed by atoms with E-state index in [-0.39, 0.29) is 5.91 Å². The van der Waals surface area contributed by atoms with Crippen LogP contribution in [0.5, 0.6) is 0 Å². The van der Waals surface area contributed by atoms with Crippen molar-refractivity contribution in [3.05, 3.63) is 58.7 Å². The van der Waals surface area contributed by atoms with Crippen LogP contribution in [0.4, 0.5) is 17.1 Å². The van der Waals surface area contributed by atoms with E-state index >= 15 is 0 Å². The molecule has 0 bridgehead atoms. The Labute approximate surface area is 137 Å². The number of hydrogen-bond donors (Lipinski definition) is 3. The fourth-order valence-electron chi connectivity index (χ4n) is 2.35. The first-order chi connectivity index (χ1) is 10.9. The molecule has 0 aliphatic carbocycles. The highest BCUT2D eigenvalue weighted by atomic mass is 16.1. The molecule has 0 radical (unpaired) electrons. The molecule has 0 aliphatic heterocycles. The third kappa shape index (κ3) is 4.13. The average molecular weight is 309 g/mol. The van der Waals surface area contributed by atoms with Gasteiger partial charge >= 0.3 is 0 Å². The van der Waals surface area contributed by atoms with Crippen LogP contribution < -0.4 is 16.4 Å². The molecule has 2 aromatic carbocycles. The van der Waals surface area contributed by atoms with Crippen LogP contribution in [0.15, 0.2) is 42.0 Å². The molecular formula is C19H23N3O. The zero-order valence-electron chi connectivity index (χ0n) is 14.0. The number of nitrogens with one attached hydrogen (secondary N) is 2. The fraction of sp³-hybridized carbons (Fsp3) is 0.211. The van der Waals surface area contributed by atoms with Crippen LogP contribution in [0.25, 0.3) is 6.08 Å². The standard InChI is InChI=1S/C19H23N3O/c1-12-11-18(13(2)10-17(12)21-4)22-19(23)14(3)9-15-5-7-16(20)8-6-15/h5-11,21H,20H2,1-4H3,(H,22,23)/b14-9+. The third-order valence-electron chi connectivity index (χ3n) is 3.77. The van der Waals surface area contributed by atoms with E-state index in [0.29, 0.717) is 11.3 Å². The summed E-state index contributed by atoms with van der Waals surface area (Å²) in [5, 5.41) is 6.12. The molecule has 0 atom stereocenters. The summed E-state index contributed by atoms with van der Waals surface area (Å²) in [4.78, 5) is 12.4. The zero-order valence-corrected chi connectivity index (χ0v) is 14.0. The van der Waals surface area contributed by atoms with E-state index < -0.39 is 0 Å². The van der Waals surface area contributed by atoms with E-state index in [1.165, 1.54) is 0 Å². The number of nitrogens with two attached hydrogens (primary N) is 1. The van der Waals surface area contributed by atoms with Gasteiger partial charge in [0.2, 0.25) is 0 Å². The summed E-state index contributed by atoms with van der Waals surface area (Å²) in [5.41, 5.74) is 12.0. The van der Waals surface area contributed by atoms with Crippen molar-refractivity contribution in [2.45, 2.75) is 20.8 Å². The van der Waals surface area contributed by atoms with E-state index in [1.54, 1.807) is 6.92 Å². The SMILES string of the molecule is CNc1cc(C)c(NC(=O)/C(C)=C/c2ccc(N)cc2)cc1C. The topological polar surface area (TPSA) is 67.1 Å². The minimum atomic E-state index is -0.110. The molecule has 4 heteroatoms. The number of aryl methyl sites for hydroxylation is 2. The molecule has 2 rings (SSSR count). The van der Waals surface area contributed by atoms with Crippen LogP contribution >= 0.6 is 0 Å². The summed E-state index contributed by atoms with van der Waals surface area (Å²) in [6, 6.07) is 11.4. The van der Waals surface area contributed by atoms with Gasteiger partial charge in [-0.2, -0.15) is 0 Å². The Morgan fingerprint density at radius 3 is 2.22 bits per heavy atom. The number of carbonyl (C=O) groups is 1. The summed E-state index contributed by atoms with van der Waals surface area (Å²) in [7, 11) is 1.89. The van der Waals surface area contributed by atoms with Crippen molar-refractivity contribution in [3.8, 4) is 0 Å². The molecule has 0 spiro atoms. The number of nitrogen functional groups attached to an aromatic ring is 1. The van der Waals surface area contributed by atoms with Gasteiger partial charge in [0.15, 0.2) is 0 Å². The molecule has 0 fully saturated rings. The molecule has 0 saturated heterocycles. The van der Waals surface area contributed by atoms with Gasteiger partial charge in [-0.3, -0.25) is 4.79 Å². The molecular weight excluding hydrogens is 286 g/mol. The van der Waals surface area contributed by atoms with E-state index in [4.69, 9.17) is 5.73 Å². The van der Waals surface area contributed by atoms with Gasteiger partial charge in [0.05, 0.1) is 0 Å². The minimum Gasteiger partial charge on any atom is -0.399 e. The van der Waals surface area contributed by atoms with E-state index in [0.717, 1.165) is 28.1 Å². The lowest BCUT2D eigenvalue weighted by atomic mass is 10.1. The van der Waals surface area contributed by atoms with E-state index in [1.807, 2.05) is 63.4 Å². The molecule has 120 valence electrons. The monoisotopic (exact) mass is 309 g/mol. The lowest BCUT2D eigenvalue weighted by Crippen LogP contribution is -2.14. The number of amides is 1. The van der Waals surface area contributed by atoms with Crippen molar-refractivity contribution < 1.29 is 4.79 Å². The molecule has 0 unspecified atom stereocenters. The maximum atomic E-state index is 12.4. The normalized spacial score (nSPS) is 11.2. The molecule has 4 N–H and O–H groups in total. The molecule has 0 heterocycles. The Balaban J connectivity index is 2.18. The van der Waals surface area contributed by atoms with Crippen molar-refractivity contribution in [2.75, 3.05) is 23.4 Å². The van der Waals surface area contributed by atoms with E-state index in [2.05, 4.69) is 10.6 Å². The van der Waals surface area contributed by atoms with Crippen LogP contribution in [-0.4, -0.2) is 13.0 Å². The minimum absolute atomic E-state index is 0.110. The molecule has 23 heavy (non-hydrogen) atoms. The fourth-order valence-corrected chi connectivity index (χ4v) is 2.35. The van der Waals surface area contributed by atoms with Gasteiger partial charge in [-0.15, -0.1) is 0 Å². The van der Waals surface area contributed by atoms with Gasteiger partial charge in [0.1, 0.15) is 0 Å². The predicted molar refractivity (Wildman–Crippen MR) is 98.6 cm³/mol. The van der Waals surface area contributed by atoms with E-state index in [9.17, 15) is 4.79 Å². The Kier molecular flexibility index (Phi) is 5.06. The van der Waals surface area contributed by atoms with Crippen LogP contribution in [0.3, 0.4) is 0 Å².